The lowest BCUT2D eigenvalue weighted by molar-refractivity contribution is -0.127. The lowest BCUT2D eigenvalue weighted by Crippen LogP contribution is -2.58. The average molecular weight is 326 g/mol. The Morgan fingerprint density at radius 2 is 2.04 bits per heavy atom. The summed E-state index contributed by atoms with van der Waals surface area (Å²) in [7, 11) is 0. The normalized spacial score (nSPS) is 17.9. The van der Waals surface area contributed by atoms with Crippen molar-refractivity contribution in [2.45, 2.75) is 32.4 Å². The van der Waals surface area contributed by atoms with Gasteiger partial charge in [0.05, 0.1) is 0 Å². The minimum atomic E-state index is -0.502. The molecule has 6 nitrogen and oxygen atoms in total. The SMILES string of the molecule is CC(C)n1ccc(C(=O)N2CCNC(=O)C2Cc2ccccc2)n1. The van der Waals surface area contributed by atoms with Gasteiger partial charge in [0.1, 0.15) is 11.7 Å². The van der Waals surface area contributed by atoms with Crippen LogP contribution in [0.3, 0.4) is 0 Å². The zero-order chi connectivity index (χ0) is 17.1. The van der Waals surface area contributed by atoms with Gasteiger partial charge in [0.25, 0.3) is 5.91 Å². The van der Waals surface area contributed by atoms with Crippen molar-refractivity contribution < 1.29 is 9.59 Å². The van der Waals surface area contributed by atoms with Gasteiger partial charge in [0.15, 0.2) is 0 Å². The highest BCUT2D eigenvalue weighted by Crippen LogP contribution is 2.16. The summed E-state index contributed by atoms with van der Waals surface area (Å²) in [4.78, 5) is 26.8. The molecule has 2 aromatic rings. The van der Waals surface area contributed by atoms with E-state index in [0.29, 0.717) is 25.2 Å². The van der Waals surface area contributed by atoms with E-state index in [-0.39, 0.29) is 17.9 Å². The minimum Gasteiger partial charge on any atom is -0.353 e. The molecular weight excluding hydrogens is 304 g/mol. The van der Waals surface area contributed by atoms with Gasteiger partial charge in [-0.25, -0.2) is 0 Å². The number of benzene rings is 1. The third kappa shape index (κ3) is 3.32. The predicted octanol–water partition coefficient (Wildman–Crippen LogP) is 1.65. The Labute approximate surface area is 141 Å². The molecule has 1 aromatic heterocycles. The number of hydrogen-bond donors (Lipinski definition) is 1. The first-order valence-corrected chi connectivity index (χ1v) is 8.24. The molecule has 2 heterocycles. The second-order valence-corrected chi connectivity index (χ2v) is 6.27. The predicted molar refractivity (Wildman–Crippen MR) is 90.6 cm³/mol. The summed E-state index contributed by atoms with van der Waals surface area (Å²) in [5, 5.41) is 7.20. The fraction of sp³-hybridized carbons (Fsp3) is 0.389. The molecule has 1 N–H and O–H groups in total. The maximum Gasteiger partial charge on any atom is 0.275 e. The van der Waals surface area contributed by atoms with Gasteiger partial charge in [-0.15, -0.1) is 0 Å². The van der Waals surface area contributed by atoms with Crippen molar-refractivity contribution >= 4 is 11.8 Å². The Bertz CT molecular complexity index is 724. The summed E-state index contributed by atoms with van der Waals surface area (Å²) in [5.74, 6) is -0.299. The van der Waals surface area contributed by atoms with Crippen LogP contribution in [0.2, 0.25) is 0 Å². The lowest BCUT2D eigenvalue weighted by Gasteiger charge is -2.34. The van der Waals surface area contributed by atoms with Crippen LogP contribution in [0.25, 0.3) is 0 Å². The lowest BCUT2D eigenvalue weighted by atomic mass is 10.0. The quantitative estimate of drug-likeness (QED) is 0.929. The Hall–Kier alpha value is -2.63. The Morgan fingerprint density at radius 1 is 1.29 bits per heavy atom. The highest BCUT2D eigenvalue weighted by Gasteiger charge is 2.34. The largest absolute Gasteiger partial charge is 0.353 e. The molecule has 0 bridgehead atoms. The molecule has 1 fully saturated rings. The van der Waals surface area contributed by atoms with E-state index in [0.717, 1.165) is 5.56 Å². The average Bonchev–Trinajstić information content (AvgIpc) is 3.07. The monoisotopic (exact) mass is 326 g/mol. The molecule has 1 aliphatic rings. The van der Waals surface area contributed by atoms with Crippen molar-refractivity contribution in [2.75, 3.05) is 13.1 Å². The van der Waals surface area contributed by atoms with Crippen molar-refractivity contribution in [1.82, 2.24) is 20.0 Å². The van der Waals surface area contributed by atoms with Crippen LogP contribution in [0, 0.1) is 0 Å². The maximum atomic E-state index is 12.9. The van der Waals surface area contributed by atoms with E-state index in [4.69, 9.17) is 0 Å². The number of nitrogens with zero attached hydrogens (tertiary/aromatic N) is 3. The standard InChI is InChI=1S/C18H22N4O2/c1-13(2)22-10-8-15(20-22)18(24)21-11-9-19-17(23)16(21)12-14-6-4-3-5-7-14/h3-8,10,13,16H,9,11-12H2,1-2H3,(H,19,23). The van der Waals surface area contributed by atoms with Crippen molar-refractivity contribution in [3.05, 3.63) is 53.9 Å². The summed E-state index contributed by atoms with van der Waals surface area (Å²) in [6.45, 7) is 4.99. The number of nitrogens with one attached hydrogen (secondary N) is 1. The summed E-state index contributed by atoms with van der Waals surface area (Å²) >= 11 is 0. The molecule has 1 atom stereocenters. The summed E-state index contributed by atoms with van der Waals surface area (Å²) in [6, 6.07) is 11.2. The molecule has 1 unspecified atom stereocenters. The fourth-order valence-electron chi connectivity index (χ4n) is 2.88. The van der Waals surface area contributed by atoms with Crippen molar-refractivity contribution in [3.8, 4) is 0 Å². The molecule has 2 amide bonds. The summed E-state index contributed by atoms with van der Waals surface area (Å²) < 4.78 is 1.75. The number of piperazine rings is 1. The third-order valence-electron chi connectivity index (χ3n) is 4.22. The first-order chi connectivity index (χ1) is 11.6. The smallest absolute Gasteiger partial charge is 0.275 e. The summed E-state index contributed by atoms with van der Waals surface area (Å²) in [6.07, 6.45) is 2.30. The van der Waals surface area contributed by atoms with E-state index in [1.165, 1.54) is 0 Å². The highest BCUT2D eigenvalue weighted by atomic mass is 16.2. The molecule has 126 valence electrons. The number of hydrogen-bond acceptors (Lipinski definition) is 3. The van der Waals surface area contributed by atoms with Crippen LogP contribution < -0.4 is 5.32 Å². The Balaban J connectivity index is 1.82. The van der Waals surface area contributed by atoms with Gasteiger partial charge in [-0.1, -0.05) is 30.3 Å². The van der Waals surface area contributed by atoms with E-state index in [1.807, 2.05) is 44.2 Å². The fourth-order valence-corrected chi connectivity index (χ4v) is 2.88. The molecule has 3 rings (SSSR count). The van der Waals surface area contributed by atoms with Gasteiger partial charge in [-0.3, -0.25) is 14.3 Å². The molecule has 0 saturated carbocycles. The number of carbonyl (C=O) groups excluding carboxylic acids is 2. The number of carbonyl (C=O) groups is 2. The van der Waals surface area contributed by atoms with E-state index in [9.17, 15) is 9.59 Å². The number of aromatic nitrogens is 2. The first-order valence-electron chi connectivity index (χ1n) is 8.24. The second-order valence-electron chi connectivity index (χ2n) is 6.27. The molecule has 6 heteroatoms. The van der Waals surface area contributed by atoms with E-state index in [1.54, 1.807) is 21.8 Å². The van der Waals surface area contributed by atoms with Gasteiger partial charge in [-0.05, 0) is 25.5 Å². The minimum absolute atomic E-state index is 0.109. The second kappa shape index (κ2) is 6.86. The van der Waals surface area contributed by atoms with E-state index >= 15 is 0 Å². The van der Waals surface area contributed by atoms with Crippen LogP contribution in [-0.2, 0) is 11.2 Å². The summed E-state index contributed by atoms with van der Waals surface area (Å²) in [5.41, 5.74) is 1.42. The molecule has 24 heavy (non-hydrogen) atoms. The highest BCUT2D eigenvalue weighted by molar-refractivity contribution is 5.96. The van der Waals surface area contributed by atoms with Crippen molar-refractivity contribution in [1.29, 1.82) is 0 Å². The van der Waals surface area contributed by atoms with Gasteiger partial charge < -0.3 is 10.2 Å². The topological polar surface area (TPSA) is 67.2 Å². The third-order valence-corrected chi connectivity index (χ3v) is 4.22. The van der Waals surface area contributed by atoms with E-state index in [2.05, 4.69) is 10.4 Å². The molecule has 1 aliphatic heterocycles. The molecule has 0 radical (unpaired) electrons. The first kappa shape index (κ1) is 16.2. The Kier molecular flexibility index (Phi) is 4.64. The van der Waals surface area contributed by atoms with Crippen LogP contribution in [0.1, 0.15) is 35.9 Å². The van der Waals surface area contributed by atoms with Crippen molar-refractivity contribution in [2.24, 2.45) is 0 Å². The maximum absolute atomic E-state index is 12.9. The van der Waals surface area contributed by atoms with Crippen LogP contribution in [0.5, 0.6) is 0 Å². The number of amides is 2. The molecule has 0 aliphatic carbocycles. The van der Waals surface area contributed by atoms with Crippen LogP contribution in [-0.4, -0.2) is 45.6 Å². The van der Waals surface area contributed by atoms with Gasteiger partial charge in [0.2, 0.25) is 5.91 Å². The molecule has 1 aromatic carbocycles. The molecular formula is C18H22N4O2. The zero-order valence-corrected chi connectivity index (χ0v) is 14.0. The molecule has 1 saturated heterocycles. The van der Waals surface area contributed by atoms with Crippen molar-refractivity contribution in [3.63, 3.8) is 0 Å². The number of rotatable bonds is 4. The Morgan fingerprint density at radius 3 is 2.71 bits per heavy atom. The zero-order valence-electron chi connectivity index (χ0n) is 14.0. The van der Waals surface area contributed by atoms with Crippen LogP contribution >= 0.6 is 0 Å². The van der Waals surface area contributed by atoms with Gasteiger partial charge in [-0.2, -0.15) is 5.10 Å². The van der Waals surface area contributed by atoms with Crippen LogP contribution in [0.15, 0.2) is 42.6 Å². The van der Waals surface area contributed by atoms with Crippen LogP contribution in [0.4, 0.5) is 0 Å². The van der Waals surface area contributed by atoms with Gasteiger partial charge >= 0.3 is 0 Å². The van der Waals surface area contributed by atoms with E-state index < -0.39 is 6.04 Å². The molecule has 0 spiro atoms. The van der Waals surface area contributed by atoms with Gasteiger partial charge in [0, 0.05) is 31.7 Å².